The number of nitrogens with one attached hydrogen (secondary N) is 2. The monoisotopic (exact) mass is 652 g/mol. The second-order valence-corrected chi connectivity index (χ2v) is 11.6. The number of aliphatic hydroxyl groups is 1. The first kappa shape index (κ1) is 39.4. The maximum Gasteiger partial charge on any atom is 0.358 e. The van der Waals surface area contributed by atoms with E-state index in [9.17, 15) is 14.4 Å². The Bertz CT molecular complexity index is 1220. The highest BCUT2D eigenvalue weighted by Crippen LogP contribution is 2.23. The molecule has 1 aromatic carbocycles. The van der Waals surface area contributed by atoms with Crippen molar-refractivity contribution in [2.75, 3.05) is 13.2 Å². The van der Waals surface area contributed by atoms with Crippen LogP contribution in [0.3, 0.4) is 0 Å². The van der Waals surface area contributed by atoms with Crippen LogP contribution in [-0.4, -0.2) is 64.1 Å². The number of amides is 2. The van der Waals surface area contributed by atoms with Gasteiger partial charge >= 0.3 is 5.97 Å². The molecular weight excluding hydrogens is 596 g/mol. The zero-order valence-corrected chi connectivity index (χ0v) is 28.6. The summed E-state index contributed by atoms with van der Waals surface area (Å²) in [6, 6.07) is 10.9. The summed E-state index contributed by atoms with van der Waals surface area (Å²) in [6.07, 6.45) is 13.3. The van der Waals surface area contributed by atoms with E-state index >= 15 is 0 Å². The Kier molecular flexibility index (Phi) is 19.0. The molecule has 3 N–H and O–H groups in total. The zero-order valence-electron chi connectivity index (χ0n) is 28.6. The minimum Gasteiger partial charge on any atom is -0.461 e. The van der Waals surface area contributed by atoms with Crippen LogP contribution in [-0.2, 0) is 27.4 Å². The van der Waals surface area contributed by atoms with Gasteiger partial charge in [0.25, 0.3) is 5.91 Å². The Morgan fingerprint density at radius 1 is 1.02 bits per heavy atom. The summed E-state index contributed by atoms with van der Waals surface area (Å²) in [5.74, 6) is -1.07. The first-order valence-corrected chi connectivity index (χ1v) is 17.2. The van der Waals surface area contributed by atoms with Gasteiger partial charge in [-0.1, -0.05) is 88.4 Å². The minimum atomic E-state index is -0.625. The number of rotatable bonds is 14. The molecule has 260 valence electrons. The van der Waals surface area contributed by atoms with Crippen molar-refractivity contribution in [2.24, 2.45) is 5.92 Å². The SMILES string of the molecule is C=CCC(C=C)CO[C@H]1CCCC[C@@H]1NC(=O)c1cc(C(=O)OCC)nn1CC(=O)NC1CCCCC1.CC.OCc1ccccc1. The second kappa shape index (κ2) is 22.7. The predicted molar refractivity (Wildman–Crippen MR) is 185 cm³/mol. The molecule has 47 heavy (non-hydrogen) atoms. The lowest BCUT2D eigenvalue weighted by Crippen LogP contribution is -2.47. The van der Waals surface area contributed by atoms with Gasteiger partial charge in [0.2, 0.25) is 5.91 Å². The van der Waals surface area contributed by atoms with Crippen molar-refractivity contribution in [3.8, 4) is 0 Å². The third-order valence-electron chi connectivity index (χ3n) is 8.13. The molecule has 10 heteroatoms. The van der Waals surface area contributed by atoms with Crippen LogP contribution < -0.4 is 10.6 Å². The third kappa shape index (κ3) is 13.9. The van der Waals surface area contributed by atoms with E-state index in [1.807, 2.05) is 56.3 Å². The number of carbonyl (C=O) groups is 3. The molecule has 2 amide bonds. The van der Waals surface area contributed by atoms with Crippen LogP contribution in [0.25, 0.3) is 0 Å². The second-order valence-electron chi connectivity index (χ2n) is 11.6. The Labute approximate surface area is 281 Å². The van der Waals surface area contributed by atoms with Crippen LogP contribution >= 0.6 is 0 Å². The molecular formula is C37H56N4O6. The van der Waals surface area contributed by atoms with Crippen molar-refractivity contribution in [3.63, 3.8) is 0 Å². The lowest BCUT2D eigenvalue weighted by atomic mass is 9.92. The number of benzene rings is 1. The Balaban J connectivity index is 0.000000660. The van der Waals surface area contributed by atoms with Crippen LogP contribution in [0, 0.1) is 5.92 Å². The molecule has 2 aliphatic rings. The lowest BCUT2D eigenvalue weighted by molar-refractivity contribution is -0.122. The number of carbonyl (C=O) groups excluding carboxylic acids is 3. The number of aromatic nitrogens is 2. The van der Waals surface area contributed by atoms with Crippen molar-refractivity contribution < 1.29 is 29.0 Å². The first-order chi connectivity index (χ1) is 22.9. The van der Waals surface area contributed by atoms with Gasteiger partial charge in [-0.2, -0.15) is 5.10 Å². The standard InChI is InChI=1S/C28H42N4O5.C7H8O.C2H6/c1-4-12-20(5-2)19-37-25-16-11-10-15-22(25)30-27(34)24-17-23(28(35)36-6-3)31-32(24)18-26(33)29-21-13-8-7-9-14-21;8-6-7-4-2-1-3-5-7;1-2/h4-5,17,20-22,25H,1-2,6-16,18-19H2,3H3,(H,29,33)(H,30,34);1-5,8H,6H2;1-2H3/t20?,22-,25-;;/m0../s1. The van der Waals surface area contributed by atoms with Gasteiger partial charge in [-0.05, 0) is 44.6 Å². The molecule has 0 saturated heterocycles. The normalized spacial score (nSPS) is 18.2. The van der Waals surface area contributed by atoms with Gasteiger partial charge in [-0.3, -0.25) is 9.59 Å². The van der Waals surface area contributed by atoms with Crippen LogP contribution in [0.4, 0.5) is 0 Å². The Morgan fingerprint density at radius 3 is 2.32 bits per heavy atom. The molecule has 3 atom stereocenters. The number of hydrogen-bond acceptors (Lipinski definition) is 7. The summed E-state index contributed by atoms with van der Waals surface area (Å²) in [4.78, 5) is 38.5. The molecule has 0 spiro atoms. The lowest BCUT2D eigenvalue weighted by Gasteiger charge is -2.33. The van der Waals surface area contributed by atoms with Crippen LogP contribution in [0.1, 0.15) is 112 Å². The van der Waals surface area contributed by atoms with Crippen LogP contribution in [0.2, 0.25) is 0 Å². The van der Waals surface area contributed by atoms with Crippen molar-refractivity contribution in [1.82, 2.24) is 20.4 Å². The molecule has 4 rings (SSSR count). The van der Waals surface area contributed by atoms with Gasteiger partial charge in [-0.25, -0.2) is 9.48 Å². The zero-order chi connectivity index (χ0) is 34.4. The fraction of sp³-hybridized carbons (Fsp3) is 0.568. The maximum absolute atomic E-state index is 13.4. The van der Waals surface area contributed by atoms with Gasteiger partial charge in [0.1, 0.15) is 12.2 Å². The van der Waals surface area contributed by atoms with Gasteiger partial charge in [0, 0.05) is 18.0 Å². The van der Waals surface area contributed by atoms with E-state index in [4.69, 9.17) is 14.6 Å². The molecule has 1 unspecified atom stereocenters. The van der Waals surface area contributed by atoms with E-state index in [0.29, 0.717) is 6.61 Å². The van der Waals surface area contributed by atoms with Gasteiger partial charge in [0.15, 0.2) is 5.69 Å². The van der Waals surface area contributed by atoms with Crippen LogP contribution in [0.15, 0.2) is 61.7 Å². The molecule has 2 fully saturated rings. The number of ether oxygens (including phenoxy) is 2. The first-order valence-electron chi connectivity index (χ1n) is 17.2. The molecule has 0 radical (unpaired) electrons. The summed E-state index contributed by atoms with van der Waals surface area (Å²) in [5.41, 5.74) is 1.13. The largest absolute Gasteiger partial charge is 0.461 e. The summed E-state index contributed by atoms with van der Waals surface area (Å²) in [5, 5.41) is 18.9. The summed E-state index contributed by atoms with van der Waals surface area (Å²) in [6.45, 7) is 14.1. The molecule has 0 aliphatic heterocycles. The van der Waals surface area contributed by atoms with Crippen molar-refractivity contribution in [2.45, 2.75) is 116 Å². The van der Waals surface area contributed by atoms with E-state index in [0.717, 1.165) is 63.4 Å². The van der Waals surface area contributed by atoms with E-state index in [2.05, 4.69) is 28.9 Å². The molecule has 1 heterocycles. The van der Waals surface area contributed by atoms with Crippen molar-refractivity contribution in [3.05, 3.63) is 78.7 Å². The van der Waals surface area contributed by atoms with Crippen molar-refractivity contribution >= 4 is 17.8 Å². The summed E-state index contributed by atoms with van der Waals surface area (Å²) < 4.78 is 12.6. The highest BCUT2D eigenvalue weighted by molar-refractivity contribution is 5.96. The van der Waals surface area contributed by atoms with Crippen LogP contribution in [0.5, 0.6) is 0 Å². The summed E-state index contributed by atoms with van der Waals surface area (Å²) >= 11 is 0. The van der Waals surface area contributed by atoms with Crippen molar-refractivity contribution in [1.29, 1.82) is 0 Å². The Hall–Kier alpha value is -3.76. The van der Waals surface area contributed by atoms with E-state index in [1.54, 1.807) is 6.92 Å². The molecule has 2 saturated carbocycles. The minimum absolute atomic E-state index is 0.00663. The molecule has 0 bridgehead atoms. The van der Waals surface area contributed by atoms with Gasteiger partial charge in [0.05, 0.1) is 32.0 Å². The molecule has 2 aromatic rings. The maximum atomic E-state index is 13.4. The molecule has 10 nitrogen and oxygen atoms in total. The average molecular weight is 653 g/mol. The number of allylic oxidation sites excluding steroid dienone is 1. The fourth-order valence-corrected chi connectivity index (χ4v) is 5.66. The van der Waals surface area contributed by atoms with E-state index < -0.39 is 5.97 Å². The van der Waals surface area contributed by atoms with E-state index in [1.165, 1.54) is 17.2 Å². The van der Waals surface area contributed by atoms with Gasteiger partial charge in [-0.15, -0.1) is 13.2 Å². The number of hydrogen-bond donors (Lipinski definition) is 3. The number of nitrogens with zero attached hydrogens (tertiary/aromatic N) is 2. The summed E-state index contributed by atoms with van der Waals surface area (Å²) in [7, 11) is 0. The molecule has 2 aliphatic carbocycles. The number of aliphatic hydroxyl groups excluding tert-OH is 1. The predicted octanol–water partition coefficient (Wildman–Crippen LogP) is 6.15. The van der Waals surface area contributed by atoms with E-state index in [-0.39, 0.29) is 67.1 Å². The average Bonchev–Trinajstić information content (AvgIpc) is 3.53. The number of esters is 1. The topological polar surface area (TPSA) is 132 Å². The highest BCUT2D eigenvalue weighted by atomic mass is 16.5. The fourth-order valence-electron chi connectivity index (χ4n) is 5.66. The molecule has 1 aromatic heterocycles. The third-order valence-corrected chi connectivity index (χ3v) is 8.13. The van der Waals surface area contributed by atoms with Gasteiger partial charge < -0.3 is 25.2 Å². The quantitative estimate of drug-likeness (QED) is 0.165. The smallest absolute Gasteiger partial charge is 0.358 e. The Morgan fingerprint density at radius 2 is 1.70 bits per heavy atom. The highest BCUT2D eigenvalue weighted by Gasteiger charge is 2.30.